The van der Waals surface area contributed by atoms with Gasteiger partial charge in [-0.1, -0.05) is 6.92 Å². The first-order valence-corrected chi connectivity index (χ1v) is 5.02. The van der Waals surface area contributed by atoms with Crippen molar-refractivity contribution < 1.29 is 14.7 Å². The summed E-state index contributed by atoms with van der Waals surface area (Å²) in [6.45, 7) is 5.62. The van der Waals surface area contributed by atoms with Crippen LogP contribution in [0.2, 0.25) is 0 Å². The van der Waals surface area contributed by atoms with Gasteiger partial charge >= 0.3 is 5.97 Å². The van der Waals surface area contributed by atoms with Gasteiger partial charge in [-0.3, -0.25) is 9.59 Å². The van der Waals surface area contributed by atoms with E-state index >= 15 is 0 Å². The third-order valence-electron chi connectivity index (χ3n) is 2.05. The first-order chi connectivity index (χ1) is 6.73. The molecule has 0 fully saturated rings. The fraction of sp³-hybridized carbons (Fsp3) is 0.800. The lowest BCUT2D eigenvalue weighted by Crippen LogP contribution is -2.50. The van der Waals surface area contributed by atoms with E-state index in [0.717, 1.165) is 0 Å². The topological polar surface area (TPSA) is 92.4 Å². The van der Waals surface area contributed by atoms with Crippen molar-refractivity contribution in [3.05, 3.63) is 0 Å². The Labute approximate surface area is 90.0 Å². The Morgan fingerprint density at radius 1 is 1.47 bits per heavy atom. The highest BCUT2D eigenvalue weighted by Gasteiger charge is 2.21. The third kappa shape index (κ3) is 6.90. The van der Waals surface area contributed by atoms with Crippen LogP contribution in [0.25, 0.3) is 0 Å². The van der Waals surface area contributed by atoms with Crippen LogP contribution in [0.3, 0.4) is 0 Å². The van der Waals surface area contributed by atoms with Gasteiger partial charge < -0.3 is 16.2 Å². The fourth-order valence-corrected chi connectivity index (χ4v) is 0.967. The third-order valence-corrected chi connectivity index (χ3v) is 2.05. The minimum atomic E-state index is -0.882. The van der Waals surface area contributed by atoms with Crippen LogP contribution in [0.4, 0.5) is 0 Å². The lowest BCUT2D eigenvalue weighted by Gasteiger charge is -2.19. The van der Waals surface area contributed by atoms with Gasteiger partial charge in [0, 0.05) is 13.0 Å². The number of aliphatic carboxylic acids is 1. The van der Waals surface area contributed by atoms with Gasteiger partial charge in [-0.25, -0.2) is 0 Å². The molecule has 88 valence electrons. The molecule has 0 saturated carbocycles. The standard InChI is InChI=1S/C10H20N2O3/c1-7(4-5-8(13)14)6-12-9(15)10(2,3)11/h7H,4-6,11H2,1-3H3,(H,12,15)(H,13,14). The lowest BCUT2D eigenvalue weighted by atomic mass is 10.0. The van der Waals surface area contributed by atoms with E-state index in [4.69, 9.17) is 10.8 Å². The van der Waals surface area contributed by atoms with E-state index in [9.17, 15) is 9.59 Å². The van der Waals surface area contributed by atoms with Crippen molar-refractivity contribution in [3.8, 4) is 0 Å². The second-order valence-electron chi connectivity index (χ2n) is 4.47. The number of carboxylic acids is 1. The summed E-state index contributed by atoms with van der Waals surface area (Å²) in [6.07, 6.45) is 0.684. The molecule has 0 radical (unpaired) electrons. The molecule has 0 rings (SSSR count). The molecular formula is C10H20N2O3. The molecule has 0 aromatic heterocycles. The van der Waals surface area contributed by atoms with Gasteiger partial charge in [0.25, 0.3) is 0 Å². The van der Waals surface area contributed by atoms with Crippen molar-refractivity contribution >= 4 is 11.9 Å². The minimum absolute atomic E-state index is 0.128. The Morgan fingerprint density at radius 2 is 2.00 bits per heavy atom. The van der Waals surface area contributed by atoms with Crippen LogP contribution in [-0.4, -0.2) is 29.1 Å². The Hall–Kier alpha value is -1.10. The van der Waals surface area contributed by atoms with Crippen LogP contribution < -0.4 is 11.1 Å². The van der Waals surface area contributed by atoms with Crippen LogP contribution >= 0.6 is 0 Å². The van der Waals surface area contributed by atoms with E-state index in [-0.39, 0.29) is 18.2 Å². The molecule has 0 saturated heterocycles. The minimum Gasteiger partial charge on any atom is -0.481 e. The maximum atomic E-state index is 11.4. The molecule has 1 unspecified atom stereocenters. The molecular weight excluding hydrogens is 196 g/mol. The van der Waals surface area contributed by atoms with Gasteiger partial charge in [-0.2, -0.15) is 0 Å². The number of carbonyl (C=O) groups excluding carboxylic acids is 1. The summed E-state index contributed by atoms with van der Waals surface area (Å²) in [5, 5.41) is 11.2. The summed E-state index contributed by atoms with van der Waals surface area (Å²) in [7, 11) is 0. The van der Waals surface area contributed by atoms with E-state index in [2.05, 4.69) is 5.32 Å². The van der Waals surface area contributed by atoms with Crippen LogP contribution in [-0.2, 0) is 9.59 Å². The van der Waals surface area contributed by atoms with Crippen molar-refractivity contribution in [1.82, 2.24) is 5.32 Å². The van der Waals surface area contributed by atoms with Gasteiger partial charge in [-0.05, 0) is 26.2 Å². The molecule has 1 atom stereocenters. The monoisotopic (exact) mass is 216 g/mol. The molecule has 0 heterocycles. The van der Waals surface area contributed by atoms with Gasteiger partial charge in [0.1, 0.15) is 0 Å². The summed E-state index contributed by atoms with van der Waals surface area (Å²) in [5.74, 6) is -0.885. The van der Waals surface area contributed by atoms with Crippen molar-refractivity contribution in [2.45, 2.75) is 39.2 Å². The molecule has 0 bridgehead atoms. The van der Waals surface area contributed by atoms with Crippen LogP contribution in [0, 0.1) is 5.92 Å². The summed E-state index contributed by atoms with van der Waals surface area (Å²) < 4.78 is 0. The number of rotatable bonds is 6. The number of carboxylic acid groups (broad SMARTS) is 1. The van der Waals surface area contributed by atoms with Crippen molar-refractivity contribution in [2.75, 3.05) is 6.54 Å². The molecule has 15 heavy (non-hydrogen) atoms. The molecule has 4 N–H and O–H groups in total. The SMILES string of the molecule is CC(CCC(=O)O)CNC(=O)C(C)(C)N. The number of carbonyl (C=O) groups is 2. The van der Waals surface area contributed by atoms with Gasteiger partial charge in [-0.15, -0.1) is 0 Å². The second-order valence-corrected chi connectivity index (χ2v) is 4.47. The molecule has 5 nitrogen and oxygen atoms in total. The smallest absolute Gasteiger partial charge is 0.303 e. The first kappa shape index (κ1) is 13.9. The maximum absolute atomic E-state index is 11.4. The van der Waals surface area contributed by atoms with E-state index in [0.29, 0.717) is 13.0 Å². The quantitative estimate of drug-likeness (QED) is 0.597. The molecule has 0 aliphatic heterocycles. The average molecular weight is 216 g/mol. The van der Waals surface area contributed by atoms with Gasteiger partial charge in [0.2, 0.25) is 5.91 Å². The highest BCUT2D eigenvalue weighted by atomic mass is 16.4. The summed E-state index contributed by atoms with van der Waals surface area (Å²) in [5.41, 5.74) is 4.70. The zero-order valence-corrected chi connectivity index (χ0v) is 9.54. The first-order valence-electron chi connectivity index (χ1n) is 5.02. The second kappa shape index (κ2) is 5.70. The zero-order chi connectivity index (χ0) is 12.1. The fourth-order valence-electron chi connectivity index (χ4n) is 0.967. The number of amides is 1. The Bertz CT molecular complexity index is 233. The van der Waals surface area contributed by atoms with Gasteiger partial charge in [0.15, 0.2) is 0 Å². The largest absolute Gasteiger partial charge is 0.481 e. The molecule has 0 spiro atoms. The molecule has 0 aromatic rings. The number of nitrogens with two attached hydrogens (primary N) is 1. The molecule has 5 heteroatoms. The summed E-state index contributed by atoms with van der Waals surface area (Å²) in [6, 6.07) is 0. The Kier molecular flexibility index (Phi) is 5.28. The van der Waals surface area contributed by atoms with E-state index < -0.39 is 11.5 Å². The Morgan fingerprint density at radius 3 is 2.40 bits per heavy atom. The normalized spacial score (nSPS) is 13.3. The lowest BCUT2D eigenvalue weighted by molar-refractivity contribution is -0.137. The Balaban J connectivity index is 3.76. The molecule has 1 amide bonds. The van der Waals surface area contributed by atoms with Crippen molar-refractivity contribution in [3.63, 3.8) is 0 Å². The predicted octanol–water partition coefficient (Wildman–Crippen LogP) is 0.341. The summed E-state index contributed by atoms with van der Waals surface area (Å²) >= 11 is 0. The highest BCUT2D eigenvalue weighted by Crippen LogP contribution is 2.04. The van der Waals surface area contributed by atoms with Crippen molar-refractivity contribution in [2.24, 2.45) is 11.7 Å². The summed E-state index contributed by atoms with van der Waals surface area (Å²) in [4.78, 5) is 21.6. The molecule has 0 aliphatic rings. The number of nitrogens with one attached hydrogen (secondary N) is 1. The van der Waals surface area contributed by atoms with E-state index in [1.54, 1.807) is 13.8 Å². The maximum Gasteiger partial charge on any atom is 0.303 e. The van der Waals surface area contributed by atoms with Crippen molar-refractivity contribution in [1.29, 1.82) is 0 Å². The average Bonchev–Trinajstić information content (AvgIpc) is 2.09. The van der Waals surface area contributed by atoms with E-state index in [1.807, 2.05) is 6.92 Å². The zero-order valence-electron chi connectivity index (χ0n) is 9.54. The van der Waals surface area contributed by atoms with Crippen LogP contribution in [0.5, 0.6) is 0 Å². The number of hydrogen-bond donors (Lipinski definition) is 3. The molecule has 0 aromatic carbocycles. The highest BCUT2D eigenvalue weighted by molar-refractivity contribution is 5.84. The van der Waals surface area contributed by atoms with Crippen LogP contribution in [0.15, 0.2) is 0 Å². The van der Waals surface area contributed by atoms with Crippen LogP contribution in [0.1, 0.15) is 33.6 Å². The predicted molar refractivity (Wildman–Crippen MR) is 57.3 cm³/mol. The van der Waals surface area contributed by atoms with E-state index in [1.165, 1.54) is 0 Å². The molecule has 0 aliphatic carbocycles. The van der Waals surface area contributed by atoms with Gasteiger partial charge in [0.05, 0.1) is 5.54 Å². The number of hydrogen-bond acceptors (Lipinski definition) is 3.